The SMILES string of the molecule is O=C(c1ccc(Br)cc1F)C(F)(F)C(F)(F)C(F)(F)F. The Kier molecular flexibility index (Phi) is 4.19. The molecule has 1 rings (SSSR count). The zero-order chi connectivity index (χ0) is 15.9. The van der Waals surface area contributed by atoms with Gasteiger partial charge in [-0.25, -0.2) is 4.39 Å². The molecule has 0 unspecified atom stereocenters. The molecule has 0 amide bonds. The zero-order valence-corrected chi connectivity index (χ0v) is 10.6. The van der Waals surface area contributed by atoms with Crippen molar-refractivity contribution in [3.63, 3.8) is 0 Å². The third kappa shape index (κ3) is 2.65. The molecule has 0 aliphatic heterocycles. The van der Waals surface area contributed by atoms with E-state index in [1.165, 1.54) is 0 Å². The minimum absolute atomic E-state index is 0.0163. The van der Waals surface area contributed by atoms with Crippen LogP contribution in [0.4, 0.5) is 35.1 Å². The lowest BCUT2D eigenvalue weighted by Gasteiger charge is -2.27. The summed E-state index contributed by atoms with van der Waals surface area (Å²) in [6.45, 7) is 0. The molecule has 0 aliphatic rings. The molecule has 0 spiro atoms. The Hall–Kier alpha value is -1.19. The fourth-order valence-electron chi connectivity index (χ4n) is 1.16. The first-order chi connectivity index (χ1) is 8.82. The van der Waals surface area contributed by atoms with Gasteiger partial charge in [-0.05, 0) is 18.2 Å². The van der Waals surface area contributed by atoms with Gasteiger partial charge in [0.2, 0.25) is 5.78 Å². The second-order valence-corrected chi connectivity index (χ2v) is 4.52. The number of carbonyl (C=O) groups excluding carboxylic acids is 1. The highest BCUT2D eigenvalue weighted by Gasteiger charge is 2.76. The van der Waals surface area contributed by atoms with Gasteiger partial charge in [-0.1, -0.05) is 15.9 Å². The van der Waals surface area contributed by atoms with E-state index in [1.54, 1.807) is 0 Å². The van der Waals surface area contributed by atoms with E-state index in [2.05, 4.69) is 15.9 Å². The quantitative estimate of drug-likeness (QED) is 0.561. The maximum atomic E-state index is 13.2. The molecule has 20 heavy (non-hydrogen) atoms. The van der Waals surface area contributed by atoms with Crippen LogP contribution in [-0.4, -0.2) is 23.8 Å². The van der Waals surface area contributed by atoms with E-state index in [1.807, 2.05) is 0 Å². The maximum Gasteiger partial charge on any atom is 0.460 e. The highest BCUT2D eigenvalue weighted by atomic mass is 79.9. The summed E-state index contributed by atoms with van der Waals surface area (Å²) in [5, 5.41) is 0. The zero-order valence-electron chi connectivity index (χ0n) is 9.04. The topological polar surface area (TPSA) is 17.1 Å². The molecule has 1 aromatic rings. The van der Waals surface area contributed by atoms with Crippen molar-refractivity contribution in [3.05, 3.63) is 34.1 Å². The second-order valence-electron chi connectivity index (χ2n) is 3.60. The van der Waals surface area contributed by atoms with E-state index in [0.717, 1.165) is 6.07 Å². The number of hydrogen-bond acceptors (Lipinski definition) is 1. The van der Waals surface area contributed by atoms with E-state index in [4.69, 9.17) is 0 Å². The van der Waals surface area contributed by atoms with E-state index in [0.29, 0.717) is 12.1 Å². The molecule has 0 atom stereocenters. The molecule has 1 nitrogen and oxygen atoms in total. The van der Waals surface area contributed by atoms with Crippen molar-refractivity contribution < 1.29 is 39.9 Å². The Labute approximate surface area is 114 Å². The summed E-state index contributed by atoms with van der Waals surface area (Å²) < 4.78 is 100. The molecule has 0 saturated heterocycles. The Balaban J connectivity index is 3.32. The van der Waals surface area contributed by atoms with Crippen molar-refractivity contribution in [2.75, 3.05) is 0 Å². The summed E-state index contributed by atoms with van der Waals surface area (Å²) in [4.78, 5) is 11.1. The van der Waals surface area contributed by atoms with Gasteiger partial charge in [0.15, 0.2) is 0 Å². The van der Waals surface area contributed by atoms with Crippen LogP contribution >= 0.6 is 15.9 Å². The normalized spacial score (nSPS) is 13.4. The number of carbonyl (C=O) groups is 1. The third-order valence-electron chi connectivity index (χ3n) is 2.21. The fraction of sp³-hybridized carbons (Fsp3) is 0.300. The lowest BCUT2D eigenvalue weighted by atomic mass is 9.99. The molecule has 0 fully saturated rings. The van der Waals surface area contributed by atoms with Gasteiger partial charge in [-0.3, -0.25) is 4.79 Å². The van der Waals surface area contributed by atoms with Crippen LogP contribution in [0.2, 0.25) is 0 Å². The molecule has 0 aromatic heterocycles. The highest BCUT2D eigenvalue weighted by molar-refractivity contribution is 9.10. The van der Waals surface area contributed by atoms with Gasteiger partial charge in [-0.2, -0.15) is 30.7 Å². The molecule has 10 heteroatoms. The Morgan fingerprint density at radius 2 is 1.50 bits per heavy atom. The summed E-state index contributed by atoms with van der Waals surface area (Å²) in [6.07, 6.45) is -6.65. The third-order valence-corrected chi connectivity index (χ3v) is 2.70. The first-order valence-electron chi connectivity index (χ1n) is 4.64. The number of alkyl halides is 7. The van der Waals surface area contributed by atoms with E-state index in [9.17, 15) is 39.9 Å². The van der Waals surface area contributed by atoms with Crippen LogP contribution in [-0.2, 0) is 0 Å². The van der Waals surface area contributed by atoms with E-state index in [-0.39, 0.29) is 4.47 Å². The van der Waals surface area contributed by atoms with Crippen LogP contribution in [0.15, 0.2) is 22.7 Å². The molecule has 0 radical (unpaired) electrons. The molecule has 0 aliphatic carbocycles. The standard InChI is InChI=1S/C10H3BrF8O/c11-4-1-2-5(6(12)3-4)7(20)8(13,14)9(15,16)10(17,18)19/h1-3H. The second kappa shape index (κ2) is 4.97. The first kappa shape index (κ1) is 16.9. The van der Waals surface area contributed by atoms with Crippen LogP contribution < -0.4 is 0 Å². The molecule has 0 bridgehead atoms. The molecule has 0 heterocycles. The molecule has 112 valence electrons. The summed E-state index contributed by atoms with van der Waals surface area (Å²) >= 11 is 2.70. The van der Waals surface area contributed by atoms with Gasteiger partial charge in [0.25, 0.3) is 0 Å². The van der Waals surface area contributed by atoms with E-state index >= 15 is 0 Å². The Morgan fingerprint density at radius 1 is 1.00 bits per heavy atom. The monoisotopic (exact) mass is 370 g/mol. The highest BCUT2D eigenvalue weighted by Crippen LogP contribution is 2.47. The predicted molar refractivity (Wildman–Crippen MR) is 54.4 cm³/mol. The molecule has 0 saturated carbocycles. The van der Waals surface area contributed by atoms with Crippen molar-refractivity contribution in [2.24, 2.45) is 0 Å². The summed E-state index contributed by atoms with van der Waals surface area (Å²) in [5.74, 6) is -17.3. The average Bonchev–Trinajstić information content (AvgIpc) is 2.26. The van der Waals surface area contributed by atoms with Gasteiger partial charge in [0.1, 0.15) is 5.82 Å². The van der Waals surface area contributed by atoms with Gasteiger partial charge in [0, 0.05) is 4.47 Å². The molecule has 1 aromatic carbocycles. The van der Waals surface area contributed by atoms with Gasteiger partial charge < -0.3 is 0 Å². The number of ketones is 1. The lowest BCUT2D eigenvalue weighted by Crippen LogP contribution is -2.56. The van der Waals surface area contributed by atoms with Crippen molar-refractivity contribution in [1.29, 1.82) is 0 Å². The largest absolute Gasteiger partial charge is 0.460 e. The Bertz CT molecular complexity index is 537. The van der Waals surface area contributed by atoms with Crippen LogP contribution in [0.1, 0.15) is 10.4 Å². The van der Waals surface area contributed by atoms with Gasteiger partial charge >= 0.3 is 18.0 Å². The molecular weight excluding hydrogens is 368 g/mol. The summed E-state index contributed by atoms with van der Waals surface area (Å²) in [7, 11) is 0. The molecular formula is C10H3BrF8O. The van der Waals surface area contributed by atoms with Crippen LogP contribution in [0, 0.1) is 5.82 Å². The average molecular weight is 371 g/mol. The summed E-state index contributed by atoms with van der Waals surface area (Å²) in [6, 6.07) is 1.70. The van der Waals surface area contributed by atoms with Crippen molar-refractivity contribution in [1.82, 2.24) is 0 Å². The number of benzene rings is 1. The maximum absolute atomic E-state index is 13.2. The lowest BCUT2D eigenvalue weighted by molar-refractivity contribution is -0.339. The smallest absolute Gasteiger partial charge is 0.287 e. The number of Topliss-reactive ketones (excluding diaryl/α,β-unsaturated/α-hetero) is 1. The summed E-state index contributed by atoms with van der Waals surface area (Å²) in [5.41, 5.74) is -1.57. The van der Waals surface area contributed by atoms with Crippen molar-refractivity contribution >= 4 is 21.7 Å². The predicted octanol–water partition coefficient (Wildman–Crippen LogP) is 4.60. The number of halogens is 9. The van der Waals surface area contributed by atoms with Crippen LogP contribution in [0.3, 0.4) is 0 Å². The number of rotatable bonds is 3. The molecule has 0 N–H and O–H groups in total. The Morgan fingerprint density at radius 3 is 1.90 bits per heavy atom. The van der Waals surface area contributed by atoms with Crippen molar-refractivity contribution in [2.45, 2.75) is 18.0 Å². The van der Waals surface area contributed by atoms with Crippen LogP contribution in [0.25, 0.3) is 0 Å². The first-order valence-corrected chi connectivity index (χ1v) is 5.44. The van der Waals surface area contributed by atoms with E-state index < -0.39 is 35.2 Å². The minimum Gasteiger partial charge on any atom is -0.287 e. The van der Waals surface area contributed by atoms with Gasteiger partial charge in [-0.15, -0.1) is 0 Å². The van der Waals surface area contributed by atoms with Crippen LogP contribution in [0.5, 0.6) is 0 Å². The fourth-order valence-corrected chi connectivity index (χ4v) is 1.50. The van der Waals surface area contributed by atoms with Crippen molar-refractivity contribution in [3.8, 4) is 0 Å². The number of hydrogen-bond donors (Lipinski definition) is 0. The van der Waals surface area contributed by atoms with Gasteiger partial charge in [0.05, 0.1) is 5.56 Å². The minimum atomic E-state index is -6.65.